The van der Waals surface area contributed by atoms with E-state index >= 15 is 0 Å². The first kappa shape index (κ1) is 24.6. The lowest BCUT2D eigenvalue weighted by Crippen LogP contribution is -2.28. The Bertz CT molecular complexity index is 1640. The van der Waals surface area contributed by atoms with E-state index in [2.05, 4.69) is 36.9 Å². The Hall–Kier alpha value is -4.08. The van der Waals surface area contributed by atoms with Crippen LogP contribution in [0.1, 0.15) is 18.4 Å². The fourth-order valence-electron chi connectivity index (χ4n) is 3.99. The number of hydrogen-bond donors (Lipinski definition) is 2. The third kappa shape index (κ3) is 5.23. The number of aromatic nitrogens is 4. The molecule has 1 saturated heterocycles. The van der Waals surface area contributed by atoms with Crippen molar-refractivity contribution in [1.82, 2.24) is 24.9 Å². The van der Waals surface area contributed by atoms with Gasteiger partial charge in [-0.25, -0.2) is 31.7 Å². The summed E-state index contributed by atoms with van der Waals surface area (Å²) in [6.07, 6.45) is 6.96. The molecule has 9 nitrogen and oxygen atoms in total. The lowest BCUT2D eigenvalue weighted by atomic mass is 10.0. The van der Waals surface area contributed by atoms with Crippen LogP contribution in [0.2, 0.25) is 0 Å². The standard InChI is InChI=1S/C25H22F2N6O3S/c1-36-25-22(32-37(34,35)23-7-6-19(26)12-20(23)27)11-18(14-29-25)21-8-10-33-24(31-21)17(15-30-33)5-4-16-3-2-9-28-13-16/h6-8,10-12,14-16,28,32H,2-3,9,13H2,1H3. The molecular formula is C25H22F2N6O3S. The van der Waals surface area contributed by atoms with Gasteiger partial charge in [-0.1, -0.05) is 11.8 Å². The van der Waals surface area contributed by atoms with E-state index in [0.29, 0.717) is 28.5 Å². The summed E-state index contributed by atoms with van der Waals surface area (Å²) in [6.45, 7) is 1.86. The van der Waals surface area contributed by atoms with Crippen molar-refractivity contribution in [3.05, 3.63) is 66.1 Å². The number of fused-ring (bicyclic) bond motifs is 1. The molecule has 2 N–H and O–H groups in total. The van der Waals surface area contributed by atoms with Crippen molar-refractivity contribution in [3.63, 3.8) is 0 Å². The predicted molar refractivity (Wildman–Crippen MR) is 132 cm³/mol. The number of rotatable bonds is 5. The summed E-state index contributed by atoms with van der Waals surface area (Å²) in [4.78, 5) is 8.13. The lowest BCUT2D eigenvalue weighted by molar-refractivity contribution is 0.400. The molecule has 4 heterocycles. The van der Waals surface area contributed by atoms with Gasteiger partial charge in [0, 0.05) is 36.5 Å². The maximum Gasteiger partial charge on any atom is 0.264 e. The van der Waals surface area contributed by atoms with Gasteiger partial charge in [-0.15, -0.1) is 0 Å². The minimum atomic E-state index is -4.41. The van der Waals surface area contributed by atoms with E-state index in [4.69, 9.17) is 4.74 Å². The molecule has 0 radical (unpaired) electrons. The zero-order chi connectivity index (χ0) is 26.0. The quantitative estimate of drug-likeness (QED) is 0.386. The van der Waals surface area contributed by atoms with Crippen molar-refractivity contribution in [2.24, 2.45) is 5.92 Å². The average Bonchev–Trinajstić information content (AvgIpc) is 3.30. The SMILES string of the molecule is COc1ncc(-c2ccn3ncc(C#CC4CCCNC4)c3n2)cc1NS(=O)(=O)c1ccc(F)cc1F. The Morgan fingerprint density at radius 3 is 2.84 bits per heavy atom. The molecule has 12 heteroatoms. The van der Waals surface area contributed by atoms with E-state index in [1.54, 1.807) is 23.0 Å². The molecule has 4 aromatic rings. The van der Waals surface area contributed by atoms with Gasteiger partial charge in [0.1, 0.15) is 22.2 Å². The Morgan fingerprint density at radius 2 is 2.08 bits per heavy atom. The summed E-state index contributed by atoms with van der Waals surface area (Å²) < 4.78 is 62.2. The van der Waals surface area contributed by atoms with E-state index in [9.17, 15) is 17.2 Å². The molecule has 0 amide bonds. The third-order valence-electron chi connectivity index (χ3n) is 5.84. The molecule has 1 atom stereocenters. The van der Waals surface area contributed by atoms with Crippen LogP contribution in [-0.2, 0) is 10.0 Å². The number of piperidine rings is 1. The van der Waals surface area contributed by atoms with Crippen molar-refractivity contribution in [3.8, 4) is 29.0 Å². The fraction of sp³-hybridized carbons (Fsp3) is 0.240. The number of halogens is 2. The van der Waals surface area contributed by atoms with Crippen LogP contribution in [0.15, 0.2) is 53.8 Å². The van der Waals surface area contributed by atoms with Gasteiger partial charge in [0.2, 0.25) is 5.88 Å². The summed E-state index contributed by atoms with van der Waals surface area (Å²) in [6, 6.07) is 5.37. The summed E-state index contributed by atoms with van der Waals surface area (Å²) in [5.41, 5.74) is 2.13. The van der Waals surface area contributed by atoms with Crippen LogP contribution < -0.4 is 14.8 Å². The van der Waals surface area contributed by atoms with Gasteiger partial charge >= 0.3 is 0 Å². The smallest absolute Gasteiger partial charge is 0.264 e. The number of hydrogen-bond acceptors (Lipinski definition) is 7. The van der Waals surface area contributed by atoms with Gasteiger partial charge in [-0.3, -0.25) is 4.72 Å². The first-order valence-corrected chi connectivity index (χ1v) is 12.9. The van der Waals surface area contributed by atoms with Crippen LogP contribution in [0.4, 0.5) is 14.5 Å². The maximum absolute atomic E-state index is 14.2. The Labute approximate surface area is 212 Å². The van der Waals surface area contributed by atoms with Crippen LogP contribution in [0.3, 0.4) is 0 Å². The van der Waals surface area contributed by atoms with Gasteiger partial charge in [0.05, 0.1) is 24.6 Å². The zero-order valence-electron chi connectivity index (χ0n) is 19.7. The molecular weight excluding hydrogens is 502 g/mol. The highest BCUT2D eigenvalue weighted by molar-refractivity contribution is 7.92. The average molecular weight is 525 g/mol. The van der Waals surface area contributed by atoms with E-state index in [1.165, 1.54) is 19.4 Å². The molecule has 0 bridgehead atoms. The summed E-state index contributed by atoms with van der Waals surface area (Å²) in [5, 5.41) is 7.64. The molecule has 0 saturated carbocycles. The third-order valence-corrected chi connectivity index (χ3v) is 7.24. The Balaban J connectivity index is 1.49. The number of pyridine rings is 1. The molecule has 1 aliphatic heterocycles. The first-order chi connectivity index (χ1) is 17.8. The number of sulfonamides is 1. The summed E-state index contributed by atoms with van der Waals surface area (Å²) >= 11 is 0. The fourth-order valence-corrected chi connectivity index (χ4v) is 5.10. The number of methoxy groups -OCH3 is 1. The minimum Gasteiger partial charge on any atom is -0.480 e. The second-order valence-corrected chi connectivity index (χ2v) is 10.1. The largest absolute Gasteiger partial charge is 0.480 e. The predicted octanol–water partition coefficient (Wildman–Crippen LogP) is 3.23. The molecule has 5 rings (SSSR count). The highest BCUT2D eigenvalue weighted by Crippen LogP contribution is 2.30. The van der Waals surface area contributed by atoms with Crippen molar-refractivity contribution in [2.75, 3.05) is 24.9 Å². The highest BCUT2D eigenvalue weighted by atomic mass is 32.2. The number of benzene rings is 1. The van der Waals surface area contributed by atoms with Crippen molar-refractivity contribution >= 4 is 21.4 Å². The maximum atomic E-state index is 14.2. The normalized spacial score (nSPS) is 15.7. The minimum absolute atomic E-state index is 0.0343. The molecule has 0 aliphatic carbocycles. The number of ether oxygens (including phenoxy) is 1. The van der Waals surface area contributed by atoms with Crippen molar-refractivity contribution < 1.29 is 21.9 Å². The van der Waals surface area contributed by atoms with Crippen LogP contribution in [0, 0.1) is 29.4 Å². The number of nitrogens with one attached hydrogen (secondary N) is 2. The lowest BCUT2D eigenvalue weighted by Gasteiger charge is -2.17. The highest BCUT2D eigenvalue weighted by Gasteiger charge is 2.22. The first-order valence-electron chi connectivity index (χ1n) is 11.4. The summed E-state index contributed by atoms with van der Waals surface area (Å²) in [5.74, 6) is 4.58. The van der Waals surface area contributed by atoms with Crippen LogP contribution in [0.5, 0.6) is 5.88 Å². The molecule has 1 fully saturated rings. The molecule has 0 spiro atoms. The molecule has 3 aromatic heterocycles. The van der Waals surface area contributed by atoms with Gasteiger partial charge < -0.3 is 10.1 Å². The monoisotopic (exact) mass is 524 g/mol. The van der Waals surface area contributed by atoms with Gasteiger partial charge in [-0.2, -0.15) is 5.10 Å². The van der Waals surface area contributed by atoms with Gasteiger partial charge in [0.15, 0.2) is 5.65 Å². The second kappa shape index (κ2) is 10.1. The van der Waals surface area contributed by atoms with Gasteiger partial charge in [0.25, 0.3) is 10.0 Å². The van der Waals surface area contributed by atoms with Crippen molar-refractivity contribution in [1.29, 1.82) is 0 Å². The number of nitrogens with zero attached hydrogens (tertiary/aromatic N) is 4. The van der Waals surface area contributed by atoms with E-state index < -0.39 is 26.6 Å². The topological polar surface area (TPSA) is 111 Å². The van der Waals surface area contributed by atoms with Crippen LogP contribution in [-0.4, -0.2) is 48.2 Å². The van der Waals surface area contributed by atoms with E-state index in [0.717, 1.165) is 38.1 Å². The molecule has 1 aromatic carbocycles. The molecule has 190 valence electrons. The van der Waals surface area contributed by atoms with E-state index in [1.807, 2.05) is 0 Å². The number of anilines is 1. The van der Waals surface area contributed by atoms with Gasteiger partial charge in [-0.05, 0) is 43.7 Å². The Kier molecular flexibility index (Phi) is 6.73. The zero-order valence-corrected chi connectivity index (χ0v) is 20.5. The second-order valence-electron chi connectivity index (χ2n) is 8.41. The molecule has 37 heavy (non-hydrogen) atoms. The molecule has 1 aliphatic rings. The van der Waals surface area contributed by atoms with Crippen LogP contribution >= 0.6 is 0 Å². The van der Waals surface area contributed by atoms with E-state index in [-0.39, 0.29) is 17.5 Å². The van der Waals surface area contributed by atoms with Crippen molar-refractivity contribution in [2.45, 2.75) is 17.7 Å². The van der Waals surface area contributed by atoms with Crippen LogP contribution in [0.25, 0.3) is 16.9 Å². The Morgan fingerprint density at radius 1 is 1.22 bits per heavy atom. The molecule has 1 unspecified atom stereocenters. The summed E-state index contributed by atoms with van der Waals surface area (Å²) in [7, 11) is -3.09.